The number of rotatable bonds is 6. The maximum absolute atomic E-state index is 5.64. The number of anilines is 1. The quantitative estimate of drug-likeness (QED) is 0.761. The van der Waals surface area contributed by atoms with E-state index in [2.05, 4.69) is 34.3 Å². The molecule has 0 saturated carbocycles. The van der Waals surface area contributed by atoms with E-state index in [4.69, 9.17) is 9.15 Å². The molecule has 102 valence electrons. The van der Waals surface area contributed by atoms with Gasteiger partial charge in [-0.3, -0.25) is 0 Å². The van der Waals surface area contributed by atoms with Gasteiger partial charge in [0.25, 0.3) is 0 Å². The van der Waals surface area contributed by atoms with E-state index >= 15 is 0 Å². The number of nitrogens with one attached hydrogen (secondary N) is 1. The van der Waals surface area contributed by atoms with Crippen molar-refractivity contribution in [2.45, 2.75) is 20.4 Å². The van der Waals surface area contributed by atoms with Crippen LogP contribution >= 0.6 is 0 Å². The number of hydrogen-bond donors (Lipinski definition) is 1. The average molecular weight is 254 g/mol. The zero-order chi connectivity index (χ0) is 13.0. The molecule has 1 aromatic rings. The van der Waals surface area contributed by atoms with E-state index in [-0.39, 0.29) is 0 Å². The van der Waals surface area contributed by atoms with Gasteiger partial charge in [-0.1, -0.05) is 18.9 Å². The standard InChI is InChI=1S/C12H22N4O2/c1-9-7-16(8-10(9)2)12-15-14-11(18-12)6-13-4-5-17-3/h9-10,13H,4-8H2,1-3H3. The summed E-state index contributed by atoms with van der Waals surface area (Å²) < 4.78 is 10.6. The van der Waals surface area contributed by atoms with Crippen molar-refractivity contribution in [3.63, 3.8) is 0 Å². The van der Waals surface area contributed by atoms with Gasteiger partial charge in [0, 0.05) is 26.7 Å². The van der Waals surface area contributed by atoms with Crippen molar-refractivity contribution in [2.75, 3.05) is 38.3 Å². The number of ether oxygens (including phenoxy) is 1. The minimum Gasteiger partial charge on any atom is -0.407 e. The van der Waals surface area contributed by atoms with E-state index in [1.165, 1.54) is 0 Å². The minimum atomic E-state index is 0.593. The molecule has 2 rings (SSSR count). The summed E-state index contributed by atoms with van der Waals surface area (Å²) in [6.45, 7) is 8.58. The molecule has 1 aliphatic rings. The molecular formula is C12H22N4O2. The Kier molecular flexibility index (Phi) is 4.54. The molecule has 0 spiro atoms. The molecule has 0 radical (unpaired) electrons. The van der Waals surface area contributed by atoms with Crippen LogP contribution in [0.2, 0.25) is 0 Å². The Balaban J connectivity index is 1.83. The molecule has 1 N–H and O–H groups in total. The van der Waals surface area contributed by atoms with Crippen molar-refractivity contribution in [1.29, 1.82) is 0 Å². The van der Waals surface area contributed by atoms with Crippen molar-refractivity contribution >= 4 is 6.01 Å². The highest BCUT2D eigenvalue weighted by Gasteiger charge is 2.29. The third-order valence-corrected chi connectivity index (χ3v) is 3.47. The van der Waals surface area contributed by atoms with Gasteiger partial charge in [0.2, 0.25) is 5.89 Å². The molecule has 1 aliphatic heterocycles. The van der Waals surface area contributed by atoms with Gasteiger partial charge >= 0.3 is 6.01 Å². The lowest BCUT2D eigenvalue weighted by Crippen LogP contribution is -2.20. The van der Waals surface area contributed by atoms with Crippen LogP contribution in [0.15, 0.2) is 4.42 Å². The molecule has 0 bridgehead atoms. The van der Waals surface area contributed by atoms with Crippen LogP contribution < -0.4 is 10.2 Å². The van der Waals surface area contributed by atoms with E-state index in [1.807, 2.05) is 0 Å². The van der Waals surface area contributed by atoms with E-state index in [9.17, 15) is 0 Å². The number of methoxy groups -OCH3 is 1. The smallest absolute Gasteiger partial charge is 0.318 e. The van der Waals surface area contributed by atoms with Crippen molar-refractivity contribution in [1.82, 2.24) is 15.5 Å². The highest BCUT2D eigenvalue weighted by atomic mass is 16.5. The van der Waals surface area contributed by atoms with E-state index in [0.717, 1.165) is 19.6 Å². The first kappa shape index (κ1) is 13.3. The van der Waals surface area contributed by atoms with Gasteiger partial charge in [-0.15, -0.1) is 5.10 Å². The van der Waals surface area contributed by atoms with E-state index in [0.29, 0.717) is 36.9 Å². The van der Waals surface area contributed by atoms with Gasteiger partial charge in [0.05, 0.1) is 13.2 Å². The summed E-state index contributed by atoms with van der Waals surface area (Å²) in [6, 6.07) is 0.648. The molecule has 2 heterocycles. The van der Waals surface area contributed by atoms with Gasteiger partial charge in [-0.2, -0.15) is 0 Å². The fraction of sp³-hybridized carbons (Fsp3) is 0.833. The molecule has 1 aromatic heterocycles. The molecule has 1 fully saturated rings. The van der Waals surface area contributed by atoms with Crippen LogP contribution in [0, 0.1) is 11.8 Å². The topological polar surface area (TPSA) is 63.4 Å². The van der Waals surface area contributed by atoms with Crippen molar-refractivity contribution in [2.24, 2.45) is 11.8 Å². The van der Waals surface area contributed by atoms with Gasteiger partial charge in [0.1, 0.15) is 0 Å². The van der Waals surface area contributed by atoms with E-state index in [1.54, 1.807) is 7.11 Å². The summed E-state index contributed by atoms with van der Waals surface area (Å²) in [5.74, 6) is 1.99. The predicted octanol–water partition coefficient (Wildman–Crippen LogP) is 0.898. The highest BCUT2D eigenvalue weighted by Crippen LogP contribution is 2.26. The summed E-state index contributed by atoms with van der Waals surface area (Å²) in [6.07, 6.45) is 0. The number of hydrogen-bond acceptors (Lipinski definition) is 6. The Morgan fingerprint density at radius 3 is 2.72 bits per heavy atom. The normalized spacial score (nSPS) is 23.8. The van der Waals surface area contributed by atoms with Crippen molar-refractivity contribution < 1.29 is 9.15 Å². The molecule has 0 aliphatic carbocycles. The lowest BCUT2D eigenvalue weighted by molar-refractivity contribution is 0.198. The fourth-order valence-electron chi connectivity index (χ4n) is 2.10. The fourth-order valence-corrected chi connectivity index (χ4v) is 2.10. The average Bonchev–Trinajstić information content (AvgIpc) is 2.93. The first-order chi connectivity index (χ1) is 8.70. The molecule has 2 atom stereocenters. The molecule has 6 heteroatoms. The Labute approximate surface area is 108 Å². The molecule has 0 amide bonds. The Morgan fingerprint density at radius 1 is 1.33 bits per heavy atom. The lowest BCUT2D eigenvalue weighted by atomic mass is 10.0. The third kappa shape index (κ3) is 3.20. The Hall–Kier alpha value is -1.14. The SMILES string of the molecule is COCCNCc1nnc(N2CC(C)C(C)C2)o1. The second-order valence-electron chi connectivity index (χ2n) is 5.01. The van der Waals surface area contributed by atoms with Crippen LogP contribution in [0.3, 0.4) is 0 Å². The maximum Gasteiger partial charge on any atom is 0.318 e. The van der Waals surface area contributed by atoms with Crippen LogP contribution in [-0.2, 0) is 11.3 Å². The summed E-state index contributed by atoms with van der Waals surface area (Å²) >= 11 is 0. The minimum absolute atomic E-state index is 0.593. The highest BCUT2D eigenvalue weighted by molar-refractivity contribution is 5.26. The summed E-state index contributed by atoms with van der Waals surface area (Å²) in [7, 11) is 1.68. The second kappa shape index (κ2) is 6.15. The number of nitrogens with zero attached hydrogens (tertiary/aromatic N) is 3. The monoisotopic (exact) mass is 254 g/mol. The number of aromatic nitrogens is 2. The predicted molar refractivity (Wildman–Crippen MR) is 68.4 cm³/mol. The maximum atomic E-state index is 5.64. The summed E-state index contributed by atoms with van der Waals surface area (Å²) in [5.41, 5.74) is 0. The largest absolute Gasteiger partial charge is 0.407 e. The zero-order valence-corrected chi connectivity index (χ0v) is 11.3. The zero-order valence-electron chi connectivity index (χ0n) is 11.3. The van der Waals surface area contributed by atoms with Crippen LogP contribution in [0.25, 0.3) is 0 Å². The van der Waals surface area contributed by atoms with Gasteiger partial charge in [-0.25, -0.2) is 0 Å². The Morgan fingerprint density at radius 2 is 2.06 bits per heavy atom. The van der Waals surface area contributed by atoms with Crippen LogP contribution in [0.4, 0.5) is 6.01 Å². The molecular weight excluding hydrogens is 232 g/mol. The first-order valence-electron chi connectivity index (χ1n) is 6.47. The van der Waals surface area contributed by atoms with Gasteiger partial charge < -0.3 is 19.4 Å². The van der Waals surface area contributed by atoms with Gasteiger partial charge in [-0.05, 0) is 11.8 Å². The van der Waals surface area contributed by atoms with Crippen molar-refractivity contribution in [3.8, 4) is 0 Å². The Bertz CT molecular complexity index is 359. The molecule has 18 heavy (non-hydrogen) atoms. The van der Waals surface area contributed by atoms with E-state index < -0.39 is 0 Å². The molecule has 2 unspecified atom stereocenters. The first-order valence-corrected chi connectivity index (χ1v) is 6.47. The van der Waals surface area contributed by atoms with Crippen LogP contribution in [-0.4, -0.2) is 43.5 Å². The summed E-state index contributed by atoms with van der Waals surface area (Å²) in [5, 5.41) is 11.3. The van der Waals surface area contributed by atoms with Crippen LogP contribution in [0.1, 0.15) is 19.7 Å². The molecule has 6 nitrogen and oxygen atoms in total. The molecule has 1 saturated heterocycles. The third-order valence-electron chi connectivity index (χ3n) is 3.47. The van der Waals surface area contributed by atoms with Crippen LogP contribution in [0.5, 0.6) is 0 Å². The lowest BCUT2D eigenvalue weighted by Gasteiger charge is -2.11. The van der Waals surface area contributed by atoms with Crippen molar-refractivity contribution in [3.05, 3.63) is 5.89 Å². The van der Waals surface area contributed by atoms with Gasteiger partial charge in [0.15, 0.2) is 0 Å². The second-order valence-corrected chi connectivity index (χ2v) is 5.01. The summed E-state index contributed by atoms with van der Waals surface area (Å²) in [4.78, 5) is 2.17. The molecule has 0 aromatic carbocycles.